The van der Waals surface area contributed by atoms with Gasteiger partial charge in [-0.05, 0) is 51.7 Å². The SMILES string of the molecule is Cc1ccc(-n2nc(C(=O)N3CCNC[C@@H]3C)c3c2CCCC3)cc1.Cl. The van der Waals surface area contributed by atoms with Gasteiger partial charge in [-0.2, -0.15) is 5.10 Å². The molecule has 1 atom stereocenters. The number of carbonyl (C=O) groups excluding carboxylic acids is 1. The van der Waals surface area contributed by atoms with Crippen LogP contribution in [0.1, 0.15) is 47.1 Å². The third-order valence-corrected chi connectivity index (χ3v) is 5.42. The molecule has 6 heteroatoms. The zero-order valence-corrected chi connectivity index (χ0v) is 16.3. The Morgan fingerprint density at radius 3 is 2.65 bits per heavy atom. The second-order valence-electron chi connectivity index (χ2n) is 7.28. The fourth-order valence-corrected chi connectivity index (χ4v) is 3.95. The van der Waals surface area contributed by atoms with Gasteiger partial charge < -0.3 is 10.2 Å². The van der Waals surface area contributed by atoms with Gasteiger partial charge >= 0.3 is 0 Å². The van der Waals surface area contributed by atoms with Crippen LogP contribution in [0.5, 0.6) is 0 Å². The average Bonchev–Trinajstić information content (AvgIpc) is 3.02. The Kier molecular flexibility index (Phi) is 5.68. The van der Waals surface area contributed by atoms with E-state index in [0.29, 0.717) is 5.69 Å². The Labute approximate surface area is 161 Å². The quantitative estimate of drug-likeness (QED) is 0.879. The number of nitrogens with one attached hydrogen (secondary N) is 1. The summed E-state index contributed by atoms with van der Waals surface area (Å²) < 4.78 is 2.01. The predicted molar refractivity (Wildman–Crippen MR) is 106 cm³/mol. The summed E-state index contributed by atoms with van der Waals surface area (Å²) >= 11 is 0. The molecule has 0 unspecified atom stereocenters. The van der Waals surface area contributed by atoms with E-state index in [1.165, 1.54) is 23.2 Å². The molecule has 140 valence electrons. The standard InChI is InChI=1S/C20H26N4O.ClH/c1-14-7-9-16(10-8-14)24-18-6-4-3-5-17(18)19(22-24)20(25)23-12-11-21-13-15(23)2;/h7-10,15,21H,3-6,11-13H2,1-2H3;1H/t15-;/m0./s1. The lowest BCUT2D eigenvalue weighted by atomic mass is 9.95. The zero-order valence-electron chi connectivity index (χ0n) is 15.5. The molecule has 0 bridgehead atoms. The summed E-state index contributed by atoms with van der Waals surface area (Å²) in [4.78, 5) is 15.2. The molecular weight excluding hydrogens is 348 g/mol. The molecule has 1 saturated heterocycles. The molecule has 1 N–H and O–H groups in total. The van der Waals surface area contributed by atoms with E-state index in [-0.39, 0.29) is 24.4 Å². The Balaban J connectivity index is 0.00000196. The molecule has 2 aromatic rings. The lowest BCUT2D eigenvalue weighted by Gasteiger charge is -2.33. The molecule has 1 amide bonds. The van der Waals surface area contributed by atoms with Gasteiger partial charge in [0, 0.05) is 36.9 Å². The predicted octanol–water partition coefficient (Wildman–Crippen LogP) is 2.92. The number of hydrogen-bond donors (Lipinski definition) is 1. The first-order valence-electron chi connectivity index (χ1n) is 9.34. The summed E-state index contributed by atoms with van der Waals surface area (Å²) in [7, 11) is 0. The lowest BCUT2D eigenvalue weighted by molar-refractivity contribution is 0.0648. The van der Waals surface area contributed by atoms with E-state index in [4.69, 9.17) is 5.10 Å². The molecule has 5 nitrogen and oxygen atoms in total. The molecule has 4 rings (SSSR count). The molecule has 0 radical (unpaired) electrons. The largest absolute Gasteiger partial charge is 0.332 e. The van der Waals surface area contributed by atoms with Crippen LogP contribution in [-0.2, 0) is 12.8 Å². The van der Waals surface area contributed by atoms with Crippen LogP contribution in [0, 0.1) is 6.92 Å². The second kappa shape index (κ2) is 7.80. The number of aryl methyl sites for hydroxylation is 1. The van der Waals surface area contributed by atoms with E-state index in [9.17, 15) is 4.79 Å². The van der Waals surface area contributed by atoms with E-state index in [1.54, 1.807) is 0 Å². The van der Waals surface area contributed by atoms with Gasteiger partial charge in [0.2, 0.25) is 0 Å². The fraction of sp³-hybridized carbons (Fsp3) is 0.500. The van der Waals surface area contributed by atoms with E-state index < -0.39 is 0 Å². The normalized spacial score (nSPS) is 19.6. The van der Waals surface area contributed by atoms with Crippen molar-refractivity contribution in [1.82, 2.24) is 20.0 Å². The molecule has 1 aliphatic heterocycles. The number of nitrogens with zero attached hydrogens (tertiary/aromatic N) is 3. The van der Waals surface area contributed by atoms with Crippen molar-refractivity contribution in [3.63, 3.8) is 0 Å². The summed E-state index contributed by atoms with van der Waals surface area (Å²) in [5.74, 6) is 0.0954. The molecule has 1 aromatic carbocycles. The van der Waals surface area contributed by atoms with Crippen LogP contribution in [0.25, 0.3) is 5.69 Å². The van der Waals surface area contributed by atoms with Crippen LogP contribution in [0.2, 0.25) is 0 Å². The average molecular weight is 375 g/mol. The monoisotopic (exact) mass is 374 g/mol. The number of piperazine rings is 1. The van der Waals surface area contributed by atoms with E-state index in [1.807, 2.05) is 9.58 Å². The summed E-state index contributed by atoms with van der Waals surface area (Å²) in [6.07, 6.45) is 4.27. The molecule has 26 heavy (non-hydrogen) atoms. The number of aromatic nitrogens is 2. The minimum atomic E-state index is 0. The zero-order chi connectivity index (χ0) is 17.4. The molecule has 1 aromatic heterocycles. The smallest absolute Gasteiger partial charge is 0.274 e. The summed E-state index contributed by atoms with van der Waals surface area (Å²) in [6.45, 7) is 6.66. The van der Waals surface area contributed by atoms with E-state index in [2.05, 4.69) is 43.4 Å². The van der Waals surface area contributed by atoms with Gasteiger partial charge in [0.05, 0.1) is 5.69 Å². The first-order chi connectivity index (χ1) is 12.1. The van der Waals surface area contributed by atoms with Gasteiger partial charge in [-0.1, -0.05) is 17.7 Å². The minimum absolute atomic E-state index is 0. The summed E-state index contributed by atoms with van der Waals surface area (Å²) in [5.41, 5.74) is 5.35. The number of carbonyl (C=O) groups is 1. The Bertz CT molecular complexity index is 784. The number of fused-ring (bicyclic) bond motifs is 1. The van der Waals surface area contributed by atoms with Gasteiger partial charge in [-0.3, -0.25) is 4.79 Å². The lowest BCUT2D eigenvalue weighted by Crippen LogP contribution is -2.52. The highest BCUT2D eigenvalue weighted by Crippen LogP contribution is 2.28. The second-order valence-corrected chi connectivity index (χ2v) is 7.28. The number of rotatable bonds is 2. The maximum Gasteiger partial charge on any atom is 0.274 e. The van der Waals surface area contributed by atoms with Gasteiger partial charge in [0.25, 0.3) is 5.91 Å². The van der Waals surface area contributed by atoms with Crippen molar-refractivity contribution in [2.75, 3.05) is 19.6 Å². The summed E-state index contributed by atoms with van der Waals surface area (Å²) in [6, 6.07) is 8.61. The number of benzene rings is 1. The Hall–Kier alpha value is -1.85. The van der Waals surface area contributed by atoms with Gasteiger partial charge in [0.15, 0.2) is 5.69 Å². The molecule has 1 fully saturated rings. The highest BCUT2D eigenvalue weighted by molar-refractivity contribution is 5.94. The van der Waals surface area contributed by atoms with Crippen molar-refractivity contribution >= 4 is 18.3 Å². The van der Waals surface area contributed by atoms with Crippen LogP contribution in [0.15, 0.2) is 24.3 Å². The highest BCUT2D eigenvalue weighted by Gasteiger charge is 2.31. The number of amides is 1. The van der Waals surface area contributed by atoms with Crippen LogP contribution in [-0.4, -0.2) is 46.3 Å². The van der Waals surface area contributed by atoms with E-state index in [0.717, 1.165) is 44.6 Å². The van der Waals surface area contributed by atoms with Crippen LogP contribution >= 0.6 is 12.4 Å². The molecule has 1 aliphatic carbocycles. The topological polar surface area (TPSA) is 50.2 Å². The molecular formula is C20H27ClN4O. The molecule has 0 saturated carbocycles. The van der Waals surface area contributed by atoms with Crippen molar-refractivity contribution < 1.29 is 4.79 Å². The summed E-state index contributed by atoms with van der Waals surface area (Å²) in [5, 5.41) is 8.16. The Morgan fingerprint density at radius 1 is 1.19 bits per heavy atom. The molecule has 0 spiro atoms. The number of halogens is 1. The van der Waals surface area contributed by atoms with Crippen molar-refractivity contribution in [3.05, 3.63) is 46.8 Å². The van der Waals surface area contributed by atoms with Gasteiger partial charge in [0.1, 0.15) is 0 Å². The third kappa shape index (κ3) is 3.38. The van der Waals surface area contributed by atoms with Crippen molar-refractivity contribution in [2.45, 2.75) is 45.6 Å². The maximum absolute atomic E-state index is 13.2. The fourth-order valence-electron chi connectivity index (χ4n) is 3.95. The highest BCUT2D eigenvalue weighted by atomic mass is 35.5. The van der Waals surface area contributed by atoms with Crippen molar-refractivity contribution in [3.8, 4) is 5.69 Å². The van der Waals surface area contributed by atoms with Crippen LogP contribution in [0.3, 0.4) is 0 Å². The van der Waals surface area contributed by atoms with Crippen LogP contribution < -0.4 is 5.32 Å². The molecule has 2 aliphatic rings. The van der Waals surface area contributed by atoms with Crippen molar-refractivity contribution in [2.24, 2.45) is 0 Å². The minimum Gasteiger partial charge on any atom is -0.332 e. The maximum atomic E-state index is 13.2. The van der Waals surface area contributed by atoms with Gasteiger partial charge in [-0.15, -0.1) is 12.4 Å². The van der Waals surface area contributed by atoms with Crippen molar-refractivity contribution in [1.29, 1.82) is 0 Å². The first kappa shape index (κ1) is 18.9. The molecule has 2 heterocycles. The third-order valence-electron chi connectivity index (χ3n) is 5.42. The Morgan fingerprint density at radius 2 is 1.92 bits per heavy atom. The van der Waals surface area contributed by atoms with E-state index >= 15 is 0 Å². The van der Waals surface area contributed by atoms with Crippen LogP contribution in [0.4, 0.5) is 0 Å². The number of hydrogen-bond acceptors (Lipinski definition) is 3. The van der Waals surface area contributed by atoms with Gasteiger partial charge in [-0.25, -0.2) is 4.68 Å². The first-order valence-corrected chi connectivity index (χ1v) is 9.34.